The van der Waals surface area contributed by atoms with Crippen LogP contribution in [0.2, 0.25) is 0 Å². The summed E-state index contributed by atoms with van der Waals surface area (Å²) in [5.41, 5.74) is 1.43. The van der Waals surface area contributed by atoms with Crippen LogP contribution in [0.1, 0.15) is 21.8 Å². The van der Waals surface area contributed by atoms with Gasteiger partial charge in [0.05, 0.1) is 12.1 Å². The van der Waals surface area contributed by atoms with E-state index in [1.165, 1.54) is 0 Å². The first kappa shape index (κ1) is 21.0. The zero-order chi connectivity index (χ0) is 19.9. The summed E-state index contributed by atoms with van der Waals surface area (Å²) >= 11 is 1.01. The molecule has 0 aliphatic heterocycles. The van der Waals surface area contributed by atoms with Crippen LogP contribution in [0.5, 0.6) is 5.75 Å². The molecule has 148 valence electrons. The molecule has 0 fully saturated rings. The van der Waals surface area contributed by atoms with Gasteiger partial charge in [-0.15, -0.1) is 11.3 Å². The number of benzene rings is 1. The Bertz CT molecular complexity index is 774. The lowest BCUT2D eigenvalue weighted by Crippen LogP contribution is -2.39. The van der Waals surface area contributed by atoms with Crippen molar-refractivity contribution < 1.29 is 17.9 Å². The summed E-state index contributed by atoms with van der Waals surface area (Å²) in [4.78, 5) is 7.73. The van der Waals surface area contributed by atoms with Crippen LogP contribution in [0.3, 0.4) is 0 Å². The number of hydrogen-bond donors (Lipinski definition) is 2. The van der Waals surface area contributed by atoms with Crippen LogP contribution in [0.25, 0.3) is 0 Å². The van der Waals surface area contributed by atoms with Crippen LogP contribution >= 0.6 is 11.3 Å². The molecule has 5 nitrogen and oxygen atoms in total. The molecule has 1 aromatic carbocycles. The molecule has 0 unspecified atom stereocenters. The van der Waals surface area contributed by atoms with Gasteiger partial charge in [0, 0.05) is 31.9 Å². The molecule has 0 bridgehead atoms. The zero-order valence-electron chi connectivity index (χ0n) is 15.5. The molecule has 9 heteroatoms. The van der Waals surface area contributed by atoms with Gasteiger partial charge in [0.2, 0.25) is 0 Å². The monoisotopic (exact) mass is 400 g/mol. The summed E-state index contributed by atoms with van der Waals surface area (Å²) < 4.78 is 43.0. The summed E-state index contributed by atoms with van der Waals surface area (Å²) in [6.45, 7) is 3.12. The van der Waals surface area contributed by atoms with E-state index in [1.807, 2.05) is 19.1 Å². The molecule has 0 spiro atoms. The van der Waals surface area contributed by atoms with Crippen molar-refractivity contribution in [3.8, 4) is 5.75 Å². The van der Waals surface area contributed by atoms with Crippen LogP contribution in [-0.2, 0) is 19.0 Å². The quantitative estimate of drug-likeness (QED) is 0.552. The number of methoxy groups -OCH3 is 1. The van der Waals surface area contributed by atoms with Crippen molar-refractivity contribution in [1.82, 2.24) is 15.6 Å². The number of alkyl halides is 3. The molecule has 1 aromatic heterocycles. The van der Waals surface area contributed by atoms with Gasteiger partial charge in [0.25, 0.3) is 0 Å². The summed E-state index contributed by atoms with van der Waals surface area (Å²) in [5, 5.41) is 7.75. The Morgan fingerprint density at radius 1 is 1.22 bits per heavy atom. The van der Waals surface area contributed by atoms with E-state index in [0.29, 0.717) is 30.5 Å². The summed E-state index contributed by atoms with van der Waals surface area (Å²) in [6, 6.07) is 6.03. The summed E-state index contributed by atoms with van der Waals surface area (Å²) in [7, 11) is 3.29. The van der Waals surface area contributed by atoms with Crippen molar-refractivity contribution in [1.29, 1.82) is 0 Å². The molecule has 2 rings (SSSR count). The van der Waals surface area contributed by atoms with Gasteiger partial charge in [0.15, 0.2) is 11.7 Å². The second-order valence-corrected chi connectivity index (χ2v) is 6.81. The first-order valence-corrected chi connectivity index (χ1v) is 9.31. The lowest BCUT2D eigenvalue weighted by atomic mass is 10.1. The smallest absolute Gasteiger partial charge is 0.434 e. The Labute approximate surface area is 160 Å². The van der Waals surface area contributed by atoms with E-state index in [-0.39, 0.29) is 0 Å². The minimum absolute atomic E-state index is 0.396. The minimum atomic E-state index is -4.39. The number of halogens is 3. The first-order chi connectivity index (χ1) is 12.8. The van der Waals surface area contributed by atoms with Crippen molar-refractivity contribution in [3.05, 3.63) is 45.4 Å². The first-order valence-electron chi connectivity index (χ1n) is 8.43. The van der Waals surface area contributed by atoms with E-state index in [2.05, 4.69) is 26.7 Å². The minimum Gasteiger partial charge on any atom is -0.496 e. The van der Waals surface area contributed by atoms with Crippen molar-refractivity contribution in [2.45, 2.75) is 25.9 Å². The molecular formula is C18H23F3N4OS. The predicted molar refractivity (Wildman–Crippen MR) is 102 cm³/mol. The van der Waals surface area contributed by atoms with Gasteiger partial charge in [0.1, 0.15) is 5.75 Å². The lowest BCUT2D eigenvalue weighted by Gasteiger charge is -2.13. The Kier molecular flexibility index (Phi) is 7.46. The average molecular weight is 400 g/mol. The maximum absolute atomic E-state index is 12.6. The number of nitrogens with one attached hydrogen (secondary N) is 2. The maximum Gasteiger partial charge on any atom is 0.434 e. The third kappa shape index (κ3) is 6.42. The van der Waals surface area contributed by atoms with Gasteiger partial charge in [-0.1, -0.05) is 17.7 Å². The normalized spacial score (nSPS) is 12.1. The molecular weight excluding hydrogens is 377 g/mol. The van der Waals surface area contributed by atoms with Crippen LogP contribution in [-0.4, -0.2) is 38.2 Å². The molecule has 27 heavy (non-hydrogen) atoms. The van der Waals surface area contributed by atoms with Gasteiger partial charge in [-0.05, 0) is 25.0 Å². The Hall–Kier alpha value is -2.29. The van der Waals surface area contributed by atoms with Gasteiger partial charge in [-0.2, -0.15) is 13.2 Å². The second-order valence-electron chi connectivity index (χ2n) is 5.87. The fourth-order valence-corrected chi connectivity index (χ4v) is 3.29. The highest BCUT2D eigenvalue weighted by Crippen LogP contribution is 2.30. The molecule has 0 saturated heterocycles. The van der Waals surface area contributed by atoms with Crippen LogP contribution in [0.4, 0.5) is 13.2 Å². The molecule has 2 aromatic rings. The molecule has 0 atom stereocenters. The average Bonchev–Trinajstić information content (AvgIpc) is 3.10. The number of rotatable bonds is 7. The second kappa shape index (κ2) is 9.59. The highest BCUT2D eigenvalue weighted by atomic mass is 32.1. The predicted octanol–water partition coefficient (Wildman–Crippen LogP) is 3.43. The van der Waals surface area contributed by atoms with Crippen molar-refractivity contribution in [3.63, 3.8) is 0 Å². The number of aliphatic imine (C=N–C) groups is 1. The summed E-state index contributed by atoms with van der Waals surface area (Å²) in [5.74, 6) is 1.43. The number of nitrogens with zero attached hydrogens (tertiary/aromatic N) is 2. The standard InChI is InChI=1S/C18H23F3N4OS/c1-12-4-5-14(26-3)13(10-12)6-8-23-17(22-2)24-9-7-16-25-15(11-27-16)18(19,20)21/h4-5,10-11H,6-9H2,1-3H3,(H2,22,23,24). The van der Waals surface area contributed by atoms with Crippen molar-refractivity contribution in [2.75, 3.05) is 27.2 Å². The third-order valence-electron chi connectivity index (χ3n) is 3.82. The molecule has 2 N–H and O–H groups in total. The molecule has 0 aliphatic carbocycles. The van der Waals surface area contributed by atoms with Gasteiger partial charge < -0.3 is 15.4 Å². The molecule has 1 heterocycles. The highest BCUT2D eigenvalue weighted by Gasteiger charge is 2.33. The van der Waals surface area contributed by atoms with E-state index in [4.69, 9.17) is 4.74 Å². The topological polar surface area (TPSA) is 58.5 Å². The van der Waals surface area contributed by atoms with E-state index < -0.39 is 11.9 Å². The van der Waals surface area contributed by atoms with E-state index >= 15 is 0 Å². The van der Waals surface area contributed by atoms with Crippen molar-refractivity contribution >= 4 is 17.3 Å². The molecule has 0 saturated carbocycles. The number of aromatic nitrogens is 1. The van der Waals surface area contributed by atoms with Crippen LogP contribution in [0.15, 0.2) is 28.6 Å². The van der Waals surface area contributed by atoms with Crippen LogP contribution < -0.4 is 15.4 Å². The highest BCUT2D eigenvalue weighted by molar-refractivity contribution is 7.09. The number of aryl methyl sites for hydroxylation is 1. The molecule has 0 aliphatic rings. The number of hydrogen-bond acceptors (Lipinski definition) is 4. The fraction of sp³-hybridized carbons (Fsp3) is 0.444. The SMILES string of the molecule is CN=C(NCCc1nc(C(F)(F)F)cs1)NCCc1cc(C)ccc1OC. The van der Waals surface area contributed by atoms with Gasteiger partial charge >= 0.3 is 6.18 Å². The van der Waals surface area contributed by atoms with Gasteiger partial charge in [-0.25, -0.2) is 4.98 Å². The van der Waals surface area contributed by atoms with E-state index in [0.717, 1.165) is 40.0 Å². The van der Waals surface area contributed by atoms with E-state index in [1.54, 1.807) is 14.2 Å². The maximum atomic E-state index is 12.6. The fourth-order valence-electron chi connectivity index (χ4n) is 2.48. The number of guanidine groups is 1. The number of thiazole rings is 1. The Balaban J connectivity index is 1.78. The zero-order valence-corrected chi connectivity index (χ0v) is 16.3. The van der Waals surface area contributed by atoms with E-state index in [9.17, 15) is 13.2 Å². The molecule has 0 radical (unpaired) electrons. The van der Waals surface area contributed by atoms with Crippen LogP contribution in [0, 0.1) is 6.92 Å². The van der Waals surface area contributed by atoms with Gasteiger partial charge in [-0.3, -0.25) is 4.99 Å². The lowest BCUT2D eigenvalue weighted by molar-refractivity contribution is -0.140. The Morgan fingerprint density at radius 3 is 2.52 bits per heavy atom. The third-order valence-corrected chi connectivity index (χ3v) is 4.73. The Morgan fingerprint density at radius 2 is 1.93 bits per heavy atom. The van der Waals surface area contributed by atoms with Crippen molar-refractivity contribution in [2.24, 2.45) is 4.99 Å². The summed E-state index contributed by atoms with van der Waals surface area (Å²) in [6.07, 6.45) is -3.24. The number of ether oxygens (including phenoxy) is 1. The molecule has 0 amide bonds. The largest absolute Gasteiger partial charge is 0.496 e.